The minimum atomic E-state index is -4.84. The van der Waals surface area contributed by atoms with Gasteiger partial charge in [0.1, 0.15) is 4.99 Å². The largest absolute Gasteiger partial charge is 0.438 e. The lowest BCUT2D eigenvalue weighted by Gasteiger charge is -2.34. The van der Waals surface area contributed by atoms with Crippen LogP contribution in [0, 0.1) is 6.92 Å². The van der Waals surface area contributed by atoms with E-state index in [-0.39, 0.29) is 10.7 Å². The summed E-state index contributed by atoms with van der Waals surface area (Å²) in [6.07, 6.45) is -5.45. The molecule has 1 N–H and O–H groups in total. The van der Waals surface area contributed by atoms with Crippen LogP contribution in [0.4, 0.5) is 13.2 Å². The Bertz CT molecular complexity index is 568. The Labute approximate surface area is 119 Å². The Balaban J connectivity index is 2.39. The number of hydrogen-bond acceptors (Lipinski definition) is 3. The second kappa shape index (κ2) is 4.82. The second-order valence-electron chi connectivity index (χ2n) is 4.81. The predicted molar refractivity (Wildman–Crippen MR) is 73.4 cm³/mol. The maximum Gasteiger partial charge on any atom is 0.438 e. The van der Waals surface area contributed by atoms with Crippen molar-refractivity contribution in [3.8, 4) is 0 Å². The van der Waals surface area contributed by atoms with E-state index in [0.717, 1.165) is 5.56 Å². The lowest BCUT2D eigenvalue weighted by Crippen LogP contribution is -2.56. The van der Waals surface area contributed by atoms with Crippen LogP contribution in [0.2, 0.25) is 0 Å². The average Bonchev–Trinajstić information content (AvgIpc) is 2.65. The molecular formula is C13H13F3N2OS. The summed E-state index contributed by atoms with van der Waals surface area (Å²) in [5.74, 6) is 0. The maximum atomic E-state index is 13.1. The van der Waals surface area contributed by atoms with Crippen molar-refractivity contribution in [2.45, 2.75) is 32.2 Å². The Kier molecular flexibility index (Phi) is 3.60. The molecule has 1 aliphatic rings. The number of alkyl halides is 3. The van der Waals surface area contributed by atoms with E-state index in [2.05, 4.69) is 5.10 Å². The van der Waals surface area contributed by atoms with Gasteiger partial charge in [-0.25, -0.2) is 5.01 Å². The highest BCUT2D eigenvalue weighted by Crippen LogP contribution is 2.41. The molecule has 7 heteroatoms. The van der Waals surface area contributed by atoms with Gasteiger partial charge < -0.3 is 5.11 Å². The van der Waals surface area contributed by atoms with Crippen molar-refractivity contribution in [2.75, 3.05) is 0 Å². The van der Waals surface area contributed by atoms with E-state index in [1.807, 2.05) is 6.92 Å². The van der Waals surface area contributed by atoms with Gasteiger partial charge in [0, 0.05) is 17.7 Å². The van der Waals surface area contributed by atoms with Gasteiger partial charge in [-0.05, 0) is 13.8 Å². The van der Waals surface area contributed by atoms with Crippen molar-refractivity contribution in [3.63, 3.8) is 0 Å². The summed E-state index contributed by atoms with van der Waals surface area (Å²) in [5.41, 5.74) is -1.52. The third-order valence-corrected chi connectivity index (χ3v) is 3.48. The molecule has 0 aliphatic carbocycles. The normalized spacial score (nSPS) is 22.9. The van der Waals surface area contributed by atoms with Crippen molar-refractivity contribution in [2.24, 2.45) is 5.10 Å². The molecule has 0 bridgehead atoms. The smallest absolute Gasteiger partial charge is 0.362 e. The van der Waals surface area contributed by atoms with Gasteiger partial charge >= 0.3 is 6.18 Å². The topological polar surface area (TPSA) is 35.8 Å². The number of aryl methyl sites for hydroxylation is 1. The Morgan fingerprint density at radius 1 is 1.30 bits per heavy atom. The lowest BCUT2D eigenvalue weighted by molar-refractivity contribution is -0.294. The van der Waals surface area contributed by atoms with Gasteiger partial charge in [-0.3, -0.25) is 0 Å². The first-order valence-electron chi connectivity index (χ1n) is 5.89. The number of aliphatic hydroxyl groups is 1. The molecule has 0 radical (unpaired) electrons. The fourth-order valence-electron chi connectivity index (χ4n) is 1.97. The highest BCUT2D eigenvalue weighted by molar-refractivity contribution is 7.80. The number of nitrogens with zero attached hydrogens (tertiary/aromatic N) is 2. The van der Waals surface area contributed by atoms with Crippen LogP contribution in [0.15, 0.2) is 29.4 Å². The molecule has 1 heterocycles. The molecule has 3 nitrogen and oxygen atoms in total. The Morgan fingerprint density at radius 2 is 1.85 bits per heavy atom. The van der Waals surface area contributed by atoms with E-state index >= 15 is 0 Å². The van der Waals surface area contributed by atoms with Crippen molar-refractivity contribution in [3.05, 3.63) is 35.4 Å². The minimum absolute atomic E-state index is 0.151. The van der Waals surface area contributed by atoms with Crippen LogP contribution in [0.1, 0.15) is 24.5 Å². The zero-order chi connectivity index (χ0) is 15.1. The number of benzene rings is 1. The van der Waals surface area contributed by atoms with Crippen molar-refractivity contribution >= 4 is 22.9 Å². The molecule has 0 unspecified atom stereocenters. The molecule has 2 rings (SSSR count). The predicted octanol–water partition coefficient (Wildman–Crippen LogP) is 3.00. The summed E-state index contributed by atoms with van der Waals surface area (Å²) in [6.45, 7) is 3.28. The summed E-state index contributed by atoms with van der Waals surface area (Å²) in [5, 5.41) is 14.2. The summed E-state index contributed by atoms with van der Waals surface area (Å²) in [7, 11) is 0. The van der Waals surface area contributed by atoms with Crippen LogP contribution in [-0.2, 0) is 0 Å². The standard InChI is InChI=1S/C13H13F3N2OS/c1-8-3-5-10(6-4-8)11(20)18-12(19,13(14,15)16)7-9(2)17-18/h3-6,19H,7H2,1-2H3/t12-/m1/s1. The summed E-state index contributed by atoms with van der Waals surface area (Å²) < 4.78 is 39.3. The highest BCUT2D eigenvalue weighted by Gasteiger charge is 2.61. The Morgan fingerprint density at radius 3 is 2.35 bits per heavy atom. The van der Waals surface area contributed by atoms with Gasteiger partial charge in [0.05, 0.1) is 0 Å². The minimum Gasteiger partial charge on any atom is -0.362 e. The number of hydrogen-bond donors (Lipinski definition) is 1. The molecule has 0 aromatic heterocycles. The fraction of sp³-hybridized carbons (Fsp3) is 0.385. The van der Waals surface area contributed by atoms with Gasteiger partial charge in [0.25, 0.3) is 5.72 Å². The summed E-state index contributed by atoms with van der Waals surface area (Å²) in [6, 6.07) is 6.69. The van der Waals surface area contributed by atoms with E-state index in [0.29, 0.717) is 10.6 Å². The SMILES string of the molecule is CC1=NN(C(=S)c2ccc(C)cc2)[C@](O)(C(F)(F)F)C1. The maximum absolute atomic E-state index is 13.1. The molecule has 108 valence electrons. The first-order chi connectivity index (χ1) is 9.15. The number of halogens is 3. The molecule has 1 atom stereocenters. The monoisotopic (exact) mass is 302 g/mol. The molecule has 0 spiro atoms. The van der Waals surface area contributed by atoms with Gasteiger partial charge in [0.15, 0.2) is 0 Å². The second-order valence-corrected chi connectivity index (χ2v) is 5.20. The lowest BCUT2D eigenvalue weighted by atomic mass is 10.1. The van der Waals surface area contributed by atoms with Crippen LogP contribution < -0.4 is 0 Å². The molecule has 20 heavy (non-hydrogen) atoms. The number of hydrazone groups is 1. The third kappa shape index (κ3) is 2.43. The molecule has 0 fully saturated rings. The van der Waals surface area contributed by atoms with E-state index in [1.165, 1.54) is 6.92 Å². The molecular weight excluding hydrogens is 289 g/mol. The van der Waals surface area contributed by atoms with Crippen molar-refractivity contribution in [1.82, 2.24) is 5.01 Å². The first-order valence-corrected chi connectivity index (χ1v) is 6.30. The average molecular weight is 302 g/mol. The van der Waals surface area contributed by atoms with Gasteiger partial charge in [-0.15, -0.1) is 0 Å². The molecule has 1 aromatic rings. The molecule has 1 aromatic carbocycles. The molecule has 0 saturated carbocycles. The van der Waals surface area contributed by atoms with Crippen LogP contribution >= 0.6 is 12.2 Å². The van der Waals surface area contributed by atoms with Crippen molar-refractivity contribution in [1.29, 1.82) is 0 Å². The number of thiocarbonyl (C=S) groups is 1. The Hall–Kier alpha value is -1.47. The van der Waals surface area contributed by atoms with Crippen LogP contribution in [-0.4, -0.2) is 32.7 Å². The van der Waals surface area contributed by atoms with Gasteiger partial charge in [-0.2, -0.15) is 18.3 Å². The third-order valence-electron chi connectivity index (χ3n) is 3.07. The van der Waals surface area contributed by atoms with Crippen molar-refractivity contribution < 1.29 is 18.3 Å². The first kappa shape index (κ1) is 14.9. The summed E-state index contributed by atoms with van der Waals surface area (Å²) in [4.78, 5) is -0.151. The fourth-order valence-corrected chi connectivity index (χ4v) is 2.30. The highest BCUT2D eigenvalue weighted by atomic mass is 32.1. The van der Waals surface area contributed by atoms with E-state index in [4.69, 9.17) is 12.2 Å². The number of rotatable bonds is 1. The van der Waals surface area contributed by atoms with Gasteiger partial charge in [-0.1, -0.05) is 42.0 Å². The summed E-state index contributed by atoms with van der Waals surface area (Å²) >= 11 is 5.05. The van der Waals surface area contributed by atoms with E-state index in [9.17, 15) is 18.3 Å². The zero-order valence-corrected chi connectivity index (χ0v) is 11.7. The molecule has 0 amide bonds. The van der Waals surface area contributed by atoms with E-state index in [1.54, 1.807) is 24.3 Å². The van der Waals surface area contributed by atoms with Crippen LogP contribution in [0.5, 0.6) is 0 Å². The van der Waals surface area contributed by atoms with Crippen LogP contribution in [0.25, 0.3) is 0 Å². The van der Waals surface area contributed by atoms with Crippen LogP contribution in [0.3, 0.4) is 0 Å². The quantitative estimate of drug-likeness (QED) is 0.810. The zero-order valence-electron chi connectivity index (χ0n) is 10.9. The van der Waals surface area contributed by atoms with E-state index < -0.39 is 18.3 Å². The van der Waals surface area contributed by atoms with Gasteiger partial charge in [0.2, 0.25) is 0 Å². The molecule has 1 aliphatic heterocycles. The molecule has 0 saturated heterocycles.